The number of hydrogen-bond acceptors (Lipinski definition) is 6. The zero-order valence-corrected chi connectivity index (χ0v) is 18.9. The minimum absolute atomic E-state index is 0.0577. The van der Waals surface area contributed by atoms with Crippen LogP contribution in [0.4, 0.5) is 0 Å². The van der Waals surface area contributed by atoms with Gasteiger partial charge in [-0.15, -0.1) is 0 Å². The fraction of sp³-hybridized carbons (Fsp3) is 0.222. The molecule has 1 amide bonds. The van der Waals surface area contributed by atoms with Gasteiger partial charge >= 0.3 is 5.97 Å². The number of carbonyl (C=O) groups excluding carboxylic acids is 2. The summed E-state index contributed by atoms with van der Waals surface area (Å²) in [5, 5.41) is 0. The zero-order valence-electron chi connectivity index (χ0n) is 18.9. The third-order valence-corrected chi connectivity index (χ3v) is 5.42. The van der Waals surface area contributed by atoms with E-state index in [-0.39, 0.29) is 18.6 Å². The van der Waals surface area contributed by atoms with Crippen molar-refractivity contribution in [2.24, 2.45) is 0 Å². The first-order valence-corrected chi connectivity index (χ1v) is 11.0. The van der Waals surface area contributed by atoms with Gasteiger partial charge in [-0.2, -0.15) is 0 Å². The number of pyridine rings is 1. The third-order valence-electron chi connectivity index (χ3n) is 5.42. The summed E-state index contributed by atoms with van der Waals surface area (Å²) in [5.41, 5.74) is 2.76. The van der Waals surface area contributed by atoms with Gasteiger partial charge in [-0.3, -0.25) is 9.78 Å². The molecule has 3 aromatic rings. The first-order valence-electron chi connectivity index (χ1n) is 11.0. The Bertz CT molecular complexity index is 1150. The van der Waals surface area contributed by atoms with E-state index < -0.39 is 5.97 Å². The van der Waals surface area contributed by atoms with Gasteiger partial charge in [-0.05, 0) is 23.3 Å². The largest absolute Gasteiger partial charge is 0.489 e. The van der Waals surface area contributed by atoms with Crippen molar-refractivity contribution in [3.05, 3.63) is 95.8 Å². The van der Waals surface area contributed by atoms with Crippen molar-refractivity contribution in [2.45, 2.75) is 6.10 Å². The van der Waals surface area contributed by atoms with E-state index in [1.165, 1.54) is 19.5 Å². The fourth-order valence-corrected chi connectivity index (χ4v) is 3.69. The number of esters is 1. The Labute approximate surface area is 198 Å². The van der Waals surface area contributed by atoms with Crippen LogP contribution in [-0.2, 0) is 14.3 Å². The van der Waals surface area contributed by atoms with Crippen LogP contribution in [0.3, 0.4) is 0 Å². The number of aromatic nitrogens is 1. The van der Waals surface area contributed by atoms with Gasteiger partial charge in [-0.25, -0.2) is 4.79 Å². The van der Waals surface area contributed by atoms with Crippen LogP contribution in [0.2, 0.25) is 0 Å². The average molecular weight is 459 g/mol. The molecule has 7 heteroatoms. The lowest BCUT2D eigenvalue weighted by Crippen LogP contribution is -2.47. The monoisotopic (exact) mass is 458 g/mol. The molecule has 1 aliphatic heterocycles. The molecule has 1 aliphatic rings. The lowest BCUT2D eigenvalue weighted by atomic mass is 10.0. The van der Waals surface area contributed by atoms with Crippen molar-refractivity contribution in [3.63, 3.8) is 0 Å². The van der Waals surface area contributed by atoms with Crippen molar-refractivity contribution < 1.29 is 23.8 Å². The topological polar surface area (TPSA) is 78.0 Å². The number of morpholine rings is 1. The molecule has 0 bridgehead atoms. The van der Waals surface area contributed by atoms with Gasteiger partial charge in [0.1, 0.15) is 18.5 Å². The first kappa shape index (κ1) is 23.2. The van der Waals surface area contributed by atoms with E-state index in [9.17, 15) is 9.59 Å². The molecule has 34 heavy (non-hydrogen) atoms. The third kappa shape index (κ3) is 5.88. The molecule has 0 radical (unpaired) electrons. The summed E-state index contributed by atoms with van der Waals surface area (Å²) >= 11 is 0. The molecular formula is C27H26N2O5. The van der Waals surface area contributed by atoms with E-state index >= 15 is 0 Å². The highest BCUT2D eigenvalue weighted by atomic mass is 16.5. The van der Waals surface area contributed by atoms with E-state index in [2.05, 4.69) is 4.98 Å². The molecule has 1 aromatic heterocycles. The van der Waals surface area contributed by atoms with E-state index in [0.29, 0.717) is 36.6 Å². The zero-order chi connectivity index (χ0) is 23.8. The molecule has 1 unspecified atom stereocenters. The summed E-state index contributed by atoms with van der Waals surface area (Å²) in [6.45, 7) is 1.52. The van der Waals surface area contributed by atoms with Crippen LogP contribution in [0.1, 0.15) is 21.5 Å². The molecule has 0 N–H and O–H groups in total. The summed E-state index contributed by atoms with van der Waals surface area (Å²) in [6, 6.07) is 21.0. The Morgan fingerprint density at radius 1 is 1.06 bits per heavy atom. The highest BCUT2D eigenvalue weighted by Crippen LogP contribution is 2.23. The number of nitrogens with zero attached hydrogens (tertiary/aromatic N) is 2. The SMILES string of the molecule is COC(=O)c1cncc(OCC2CN(C(=O)C(=Cc3ccccc3)c3ccccc3)CCO2)c1. The lowest BCUT2D eigenvalue weighted by molar-refractivity contribution is -0.133. The number of methoxy groups -OCH3 is 1. The van der Waals surface area contributed by atoms with E-state index in [4.69, 9.17) is 14.2 Å². The van der Waals surface area contributed by atoms with E-state index in [1.54, 1.807) is 11.0 Å². The molecule has 1 atom stereocenters. The van der Waals surface area contributed by atoms with Crippen molar-refractivity contribution in [3.8, 4) is 5.75 Å². The van der Waals surface area contributed by atoms with E-state index in [1.807, 2.05) is 66.7 Å². The van der Waals surface area contributed by atoms with Gasteiger partial charge < -0.3 is 19.1 Å². The fourth-order valence-electron chi connectivity index (χ4n) is 3.69. The van der Waals surface area contributed by atoms with Crippen LogP contribution < -0.4 is 4.74 Å². The molecule has 174 valence electrons. The minimum atomic E-state index is -0.484. The van der Waals surface area contributed by atoms with Gasteiger partial charge in [0.15, 0.2) is 0 Å². The molecule has 1 saturated heterocycles. The molecule has 2 heterocycles. The molecule has 7 nitrogen and oxygen atoms in total. The van der Waals surface area contributed by atoms with Crippen LogP contribution >= 0.6 is 0 Å². The Morgan fingerprint density at radius 2 is 1.79 bits per heavy atom. The second kappa shape index (κ2) is 11.2. The number of ether oxygens (including phenoxy) is 3. The first-order chi connectivity index (χ1) is 16.6. The normalized spacial score (nSPS) is 16.1. The maximum Gasteiger partial charge on any atom is 0.339 e. The van der Waals surface area contributed by atoms with Crippen LogP contribution in [0.25, 0.3) is 11.6 Å². The predicted octanol–water partition coefficient (Wildman–Crippen LogP) is 3.72. The molecule has 0 aliphatic carbocycles. The van der Waals surface area contributed by atoms with Gasteiger partial charge in [-0.1, -0.05) is 60.7 Å². The Hall–Kier alpha value is -3.97. The van der Waals surface area contributed by atoms with Crippen molar-refractivity contribution >= 4 is 23.5 Å². The van der Waals surface area contributed by atoms with Crippen LogP contribution in [-0.4, -0.2) is 61.3 Å². The Kier molecular flexibility index (Phi) is 7.67. The average Bonchev–Trinajstić information content (AvgIpc) is 2.91. The van der Waals surface area contributed by atoms with Gasteiger partial charge in [0, 0.05) is 18.3 Å². The highest BCUT2D eigenvalue weighted by molar-refractivity contribution is 6.24. The van der Waals surface area contributed by atoms with Gasteiger partial charge in [0.25, 0.3) is 5.91 Å². The van der Waals surface area contributed by atoms with Crippen molar-refractivity contribution in [2.75, 3.05) is 33.4 Å². The number of amides is 1. The van der Waals surface area contributed by atoms with Gasteiger partial charge in [0.05, 0.1) is 32.0 Å². The smallest absolute Gasteiger partial charge is 0.339 e. The number of rotatable bonds is 7. The molecule has 0 spiro atoms. The summed E-state index contributed by atoms with van der Waals surface area (Å²) in [4.78, 5) is 31.1. The van der Waals surface area contributed by atoms with Crippen LogP contribution in [0, 0.1) is 0 Å². The number of hydrogen-bond donors (Lipinski definition) is 0. The summed E-state index contributed by atoms with van der Waals surface area (Å²) in [7, 11) is 1.31. The van der Waals surface area contributed by atoms with Crippen molar-refractivity contribution in [1.29, 1.82) is 0 Å². The summed E-state index contributed by atoms with van der Waals surface area (Å²) in [6.07, 6.45) is 4.55. The molecule has 1 fully saturated rings. The molecule has 0 saturated carbocycles. The number of carbonyl (C=O) groups is 2. The summed E-state index contributed by atoms with van der Waals surface area (Å²) < 4.78 is 16.4. The van der Waals surface area contributed by atoms with E-state index in [0.717, 1.165) is 11.1 Å². The van der Waals surface area contributed by atoms with Crippen LogP contribution in [0.15, 0.2) is 79.1 Å². The second-order valence-electron chi connectivity index (χ2n) is 7.79. The minimum Gasteiger partial charge on any atom is -0.489 e. The predicted molar refractivity (Wildman–Crippen MR) is 128 cm³/mol. The molecular weight excluding hydrogens is 432 g/mol. The maximum absolute atomic E-state index is 13.6. The Balaban J connectivity index is 1.46. The second-order valence-corrected chi connectivity index (χ2v) is 7.79. The molecule has 2 aromatic carbocycles. The maximum atomic E-state index is 13.6. The highest BCUT2D eigenvalue weighted by Gasteiger charge is 2.27. The standard InChI is InChI=1S/C27H26N2O5/c1-32-27(31)22-15-23(17-28-16-22)34-19-24-18-29(12-13-33-24)26(30)25(21-10-6-3-7-11-21)14-20-8-4-2-5-9-20/h2-11,14-17,24H,12-13,18-19H2,1H3. The lowest BCUT2D eigenvalue weighted by Gasteiger charge is -2.33. The van der Waals surface area contributed by atoms with Gasteiger partial charge in [0.2, 0.25) is 0 Å². The quantitative estimate of drug-likeness (QED) is 0.305. The Morgan fingerprint density at radius 3 is 2.53 bits per heavy atom. The molecule has 4 rings (SSSR count). The van der Waals surface area contributed by atoms with Crippen molar-refractivity contribution in [1.82, 2.24) is 9.88 Å². The summed E-state index contributed by atoms with van der Waals surface area (Å²) in [5.74, 6) is -0.108. The number of benzene rings is 2. The van der Waals surface area contributed by atoms with Crippen LogP contribution in [0.5, 0.6) is 5.75 Å².